The Morgan fingerprint density at radius 1 is 1.08 bits per heavy atom. The average Bonchev–Trinajstić information content (AvgIpc) is 3.35. The van der Waals surface area contributed by atoms with Crippen molar-refractivity contribution < 1.29 is 9.21 Å². The summed E-state index contributed by atoms with van der Waals surface area (Å²) in [5, 5.41) is 8.14. The van der Waals surface area contributed by atoms with Gasteiger partial charge >= 0.3 is 0 Å². The van der Waals surface area contributed by atoms with Gasteiger partial charge in [-0.25, -0.2) is 9.97 Å². The fourth-order valence-electron chi connectivity index (χ4n) is 2.31. The third-order valence-corrected chi connectivity index (χ3v) is 5.06. The topological polar surface area (TPSA) is 68.0 Å². The fraction of sp³-hybridized carbons (Fsp3) is 0.0556. The number of benzene rings is 1. The maximum atomic E-state index is 12.4. The van der Waals surface area contributed by atoms with Crippen LogP contribution in [-0.2, 0) is 0 Å². The molecule has 0 unspecified atom stereocenters. The first-order chi connectivity index (χ1) is 12.2. The van der Waals surface area contributed by atoms with Gasteiger partial charge in [-0.05, 0) is 13.0 Å². The summed E-state index contributed by atoms with van der Waals surface area (Å²) >= 11 is 2.93. The number of aromatic nitrogens is 2. The summed E-state index contributed by atoms with van der Waals surface area (Å²) < 4.78 is 5.46. The van der Waals surface area contributed by atoms with E-state index in [4.69, 9.17) is 4.42 Å². The number of carbonyl (C=O) groups excluding carboxylic acids is 1. The largest absolute Gasteiger partial charge is 0.462 e. The first kappa shape index (κ1) is 15.7. The minimum absolute atomic E-state index is 0.254. The van der Waals surface area contributed by atoms with Crippen molar-refractivity contribution in [3.05, 3.63) is 64.0 Å². The van der Waals surface area contributed by atoms with Crippen molar-refractivity contribution in [3.8, 4) is 22.7 Å². The molecule has 0 atom stereocenters. The van der Waals surface area contributed by atoms with Crippen LogP contribution in [0.15, 0.2) is 57.8 Å². The predicted molar refractivity (Wildman–Crippen MR) is 100 cm³/mol. The number of amides is 1. The molecule has 0 saturated heterocycles. The van der Waals surface area contributed by atoms with Crippen molar-refractivity contribution in [2.45, 2.75) is 6.92 Å². The lowest BCUT2D eigenvalue weighted by molar-refractivity contribution is 0.102. The van der Waals surface area contributed by atoms with Crippen LogP contribution in [0.25, 0.3) is 22.7 Å². The lowest BCUT2D eigenvalue weighted by atomic mass is 10.2. The van der Waals surface area contributed by atoms with Crippen LogP contribution in [0.3, 0.4) is 0 Å². The lowest BCUT2D eigenvalue weighted by Gasteiger charge is -1.98. The summed E-state index contributed by atoms with van der Waals surface area (Å²) in [6.45, 7) is 1.93. The number of aryl methyl sites for hydroxylation is 1. The SMILES string of the molecule is Cc1nc(-c2cc(C(=O)Nc3nc(-c4ccccc4)cs3)co2)cs1. The van der Waals surface area contributed by atoms with Gasteiger partial charge in [0.1, 0.15) is 12.0 Å². The Hall–Kier alpha value is -2.77. The van der Waals surface area contributed by atoms with Gasteiger partial charge in [-0.2, -0.15) is 0 Å². The average molecular weight is 367 g/mol. The molecular weight excluding hydrogens is 354 g/mol. The van der Waals surface area contributed by atoms with E-state index in [2.05, 4.69) is 15.3 Å². The predicted octanol–water partition coefficient (Wildman–Crippen LogP) is 5.09. The summed E-state index contributed by atoms with van der Waals surface area (Å²) in [7, 11) is 0. The molecule has 0 aliphatic heterocycles. The number of hydrogen-bond acceptors (Lipinski definition) is 6. The van der Waals surface area contributed by atoms with E-state index in [9.17, 15) is 4.79 Å². The minimum Gasteiger partial charge on any atom is -0.462 e. The van der Waals surface area contributed by atoms with Crippen molar-refractivity contribution >= 4 is 33.7 Å². The molecule has 0 radical (unpaired) electrons. The van der Waals surface area contributed by atoms with E-state index in [1.54, 1.807) is 17.4 Å². The van der Waals surface area contributed by atoms with E-state index in [1.165, 1.54) is 17.6 Å². The molecule has 4 aromatic rings. The Balaban J connectivity index is 1.49. The molecule has 0 bridgehead atoms. The molecular formula is C18H13N3O2S2. The lowest BCUT2D eigenvalue weighted by Crippen LogP contribution is -2.10. The molecule has 0 saturated carbocycles. The maximum absolute atomic E-state index is 12.4. The number of nitrogens with zero attached hydrogens (tertiary/aromatic N) is 2. The van der Waals surface area contributed by atoms with Gasteiger partial charge in [0.2, 0.25) is 0 Å². The number of furan rings is 1. The van der Waals surface area contributed by atoms with Crippen LogP contribution in [0.4, 0.5) is 5.13 Å². The normalized spacial score (nSPS) is 10.8. The standard InChI is InChI=1S/C18H13N3O2S2/c1-11-19-15(10-24-11)16-7-13(8-23-16)17(22)21-18-20-14(9-25-18)12-5-3-2-4-6-12/h2-10H,1H3,(H,20,21,22). The number of rotatable bonds is 4. The first-order valence-electron chi connectivity index (χ1n) is 7.52. The van der Waals surface area contributed by atoms with E-state index >= 15 is 0 Å². The van der Waals surface area contributed by atoms with Crippen LogP contribution < -0.4 is 5.32 Å². The highest BCUT2D eigenvalue weighted by atomic mass is 32.1. The smallest absolute Gasteiger partial charge is 0.260 e. The zero-order valence-corrected chi connectivity index (χ0v) is 14.9. The third kappa shape index (κ3) is 3.38. The van der Waals surface area contributed by atoms with Gasteiger partial charge in [0.25, 0.3) is 5.91 Å². The van der Waals surface area contributed by atoms with E-state index in [0.717, 1.165) is 22.0 Å². The monoisotopic (exact) mass is 367 g/mol. The van der Waals surface area contributed by atoms with Crippen molar-refractivity contribution in [2.24, 2.45) is 0 Å². The zero-order valence-electron chi connectivity index (χ0n) is 13.2. The molecule has 1 aromatic carbocycles. The molecule has 3 aromatic heterocycles. The molecule has 0 fully saturated rings. The third-order valence-electron chi connectivity index (χ3n) is 3.53. The summed E-state index contributed by atoms with van der Waals surface area (Å²) in [5.74, 6) is 0.328. The van der Waals surface area contributed by atoms with E-state index in [-0.39, 0.29) is 5.91 Å². The van der Waals surface area contributed by atoms with Gasteiger partial charge in [0, 0.05) is 16.3 Å². The highest BCUT2D eigenvalue weighted by Crippen LogP contribution is 2.26. The molecule has 5 nitrogen and oxygen atoms in total. The molecule has 0 aliphatic carbocycles. The van der Waals surface area contributed by atoms with Crippen molar-refractivity contribution in [1.29, 1.82) is 0 Å². The Bertz CT molecular complexity index is 1020. The number of nitrogens with one attached hydrogen (secondary N) is 1. The van der Waals surface area contributed by atoms with Gasteiger partial charge in [-0.15, -0.1) is 22.7 Å². The van der Waals surface area contributed by atoms with Gasteiger partial charge < -0.3 is 4.42 Å². The van der Waals surface area contributed by atoms with Crippen molar-refractivity contribution in [1.82, 2.24) is 9.97 Å². The quantitative estimate of drug-likeness (QED) is 0.546. The molecule has 1 N–H and O–H groups in total. The van der Waals surface area contributed by atoms with Crippen LogP contribution in [0.2, 0.25) is 0 Å². The molecule has 25 heavy (non-hydrogen) atoms. The van der Waals surface area contributed by atoms with Crippen LogP contribution in [0.1, 0.15) is 15.4 Å². The Kier molecular flexibility index (Phi) is 4.17. The Labute approximate surface area is 152 Å². The number of carbonyl (C=O) groups is 1. The molecule has 1 amide bonds. The van der Waals surface area contributed by atoms with E-state index < -0.39 is 0 Å². The second-order valence-corrected chi connectivity index (χ2v) is 7.23. The fourth-order valence-corrected chi connectivity index (χ4v) is 3.62. The van der Waals surface area contributed by atoms with Crippen LogP contribution in [0, 0.1) is 6.92 Å². The number of hydrogen-bond donors (Lipinski definition) is 1. The minimum atomic E-state index is -0.254. The number of anilines is 1. The molecule has 7 heteroatoms. The van der Waals surface area contributed by atoms with Gasteiger partial charge in [0.05, 0.1) is 16.3 Å². The van der Waals surface area contributed by atoms with E-state index in [0.29, 0.717) is 16.5 Å². The van der Waals surface area contributed by atoms with E-state index in [1.807, 2.05) is 48.0 Å². The molecule has 3 heterocycles. The molecule has 4 rings (SSSR count). The summed E-state index contributed by atoms with van der Waals surface area (Å²) in [4.78, 5) is 21.2. The van der Waals surface area contributed by atoms with Crippen LogP contribution in [0.5, 0.6) is 0 Å². The highest BCUT2D eigenvalue weighted by molar-refractivity contribution is 7.14. The van der Waals surface area contributed by atoms with Gasteiger partial charge in [-0.1, -0.05) is 30.3 Å². The number of thiazole rings is 2. The van der Waals surface area contributed by atoms with Crippen LogP contribution in [-0.4, -0.2) is 15.9 Å². The van der Waals surface area contributed by atoms with Crippen molar-refractivity contribution in [3.63, 3.8) is 0 Å². The molecule has 0 spiro atoms. The first-order valence-corrected chi connectivity index (χ1v) is 9.28. The van der Waals surface area contributed by atoms with Gasteiger partial charge in [0.15, 0.2) is 10.9 Å². The summed E-state index contributed by atoms with van der Waals surface area (Å²) in [5.41, 5.74) is 3.04. The Morgan fingerprint density at radius 2 is 1.88 bits per heavy atom. The maximum Gasteiger partial charge on any atom is 0.260 e. The zero-order chi connectivity index (χ0) is 17.2. The summed E-state index contributed by atoms with van der Waals surface area (Å²) in [6.07, 6.45) is 1.44. The van der Waals surface area contributed by atoms with Crippen LogP contribution >= 0.6 is 22.7 Å². The highest BCUT2D eigenvalue weighted by Gasteiger charge is 2.15. The van der Waals surface area contributed by atoms with Crippen molar-refractivity contribution in [2.75, 3.05) is 5.32 Å². The second-order valence-electron chi connectivity index (χ2n) is 5.31. The summed E-state index contributed by atoms with van der Waals surface area (Å²) in [6, 6.07) is 11.5. The Morgan fingerprint density at radius 3 is 2.64 bits per heavy atom. The molecule has 0 aliphatic rings. The van der Waals surface area contributed by atoms with Gasteiger partial charge in [-0.3, -0.25) is 10.1 Å². The molecule has 124 valence electrons. The second kappa shape index (κ2) is 6.62.